The Morgan fingerprint density at radius 3 is 2.43 bits per heavy atom. The second-order valence-electron chi connectivity index (χ2n) is 6.00. The van der Waals surface area contributed by atoms with Crippen molar-refractivity contribution in [3.63, 3.8) is 0 Å². The summed E-state index contributed by atoms with van der Waals surface area (Å²) >= 11 is 0. The van der Waals surface area contributed by atoms with E-state index in [9.17, 15) is 9.59 Å². The monoisotopic (exact) mass is 317 g/mol. The molecular formula is C15H28ClN3O2. The van der Waals surface area contributed by atoms with Crippen LogP contribution in [0.25, 0.3) is 0 Å². The van der Waals surface area contributed by atoms with Crippen molar-refractivity contribution in [2.45, 2.75) is 69.9 Å². The maximum absolute atomic E-state index is 11.8. The summed E-state index contributed by atoms with van der Waals surface area (Å²) < 4.78 is 0. The van der Waals surface area contributed by atoms with E-state index in [1.54, 1.807) is 0 Å². The molecule has 2 aliphatic rings. The lowest BCUT2D eigenvalue weighted by molar-refractivity contribution is -0.123. The molecule has 2 rings (SSSR count). The minimum atomic E-state index is 0. The largest absolute Gasteiger partial charge is 0.356 e. The molecule has 1 heterocycles. The number of hydrogen-bond donors (Lipinski definition) is 3. The third kappa shape index (κ3) is 7.14. The van der Waals surface area contributed by atoms with Crippen LogP contribution >= 0.6 is 12.4 Å². The van der Waals surface area contributed by atoms with Gasteiger partial charge in [-0.3, -0.25) is 9.59 Å². The van der Waals surface area contributed by atoms with Crippen LogP contribution in [0.4, 0.5) is 0 Å². The van der Waals surface area contributed by atoms with E-state index in [4.69, 9.17) is 0 Å². The lowest BCUT2D eigenvalue weighted by Crippen LogP contribution is -2.38. The van der Waals surface area contributed by atoms with Crippen molar-refractivity contribution in [2.75, 3.05) is 13.1 Å². The molecule has 2 amide bonds. The number of carbonyl (C=O) groups is 2. The molecule has 0 aromatic rings. The molecule has 1 unspecified atom stereocenters. The molecule has 0 radical (unpaired) electrons. The van der Waals surface area contributed by atoms with Crippen molar-refractivity contribution in [3.8, 4) is 0 Å². The van der Waals surface area contributed by atoms with Crippen molar-refractivity contribution < 1.29 is 9.59 Å². The fourth-order valence-electron chi connectivity index (χ4n) is 3.09. The average Bonchev–Trinajstić information content (AvgIpc) is 2.92. The van der Waals surface area contributed by atoms with E-state index in [0.717, 1.165) is 32.2 Å². The summed E-state index contributed by atoms with van der Waals surface area (Å²) in [6.07, 6.45) is 9.09. The van der Waals surface area contributed by atoms with Gasteiger partial charge in [-0.05, 0) is 32.2 Å². The van der Waals surface area contributed by atoms with Gasteiger partial charge in [-0.15, -0.1) is 12.4 Å². The molecule has 1 aliphatic carbocycles. The maximum atomic E-state index is 11.8. The maximum Gasteiger partial charge on any atom is 0.221 e. The predicted octanol–water partition coefficient (Wildman–Crippen LogP) is 1.51. The highest BCUT2D eigenvalue weighted by Crippen LogP contribution is 2.17. The quantitative estimate of drug-likeness (QED) is 0.695. The fourth-order valence-corrected chi connectivity index (χ4v) is 3.09. The number of nitrogens with one attached hydrogen (secondary N) is 3. The highest BCUT2D eigenvalue weighted by atomic mass is 35.5. The van der Waals surface area contributed by atoms with Crippen LogP contribution in [-0.4, -0.2) is 37.0 Å². The van der Waals surface area contributed by atoms with Gasteiger partial charge < -0.3 is 16.0 Å². The summed E-state index contributed by atoms with van der Waals surface area (Å²) in [5, 5.41) is 9.20. The Balaban J connectivity index is 0.00000220. The zero-order valence-electron chi connectivity index (χ0n) is 12.7. The average molecular weight is 318 g/mol. The van der Waals surface area contributed by atoms with Gasteiger partial charge in [-0.25, -0.2) is 0 Å². The predicted molar refractivity (Wildman–Crippen MR) is 85.5 cm³/mol. The summed E-state index contributed by atoms with van der Waals surface area (Å²) in [5.74, 6) is 0.117. The molecule has 6 heteroatoms. The van der Waals surface area contributed by atoms with E-state index < -0.39 is 0 Å². The van der Waals surface area contributed by atoms with Crippen LogP contribution in [0.1, 0.15) is 57.8 Å². The minimum absolute atomic E-state index is 0. The molecule has 21 heavy (non-hydrogen) atoms. The Kier molecular flexibility index (Phi) is 8.69. The normalized spacial score (nSPS) is 22.4. The van der Waals surface area contributed by atoms with Gasteiger partial charge in [-0.2, -0.15) is 0 Å². The minimum Gasteiger partial charge on any atom is -0.356 e. The molecule has 0 aromatic carbocycles. The Labute approximate surface area is 133 Å². The second kappa shape index (κ2) is 10.0. The van der Waals surface area contributed by atoms with Crippen LogP contribution in [0.5, 0.6) is 0 Å². The van der Waals surface area contributed by atoms with E-state index in [1.807, 2.05) is 0 Å². The molecule has 1 saturated carbocycles. The van der Waals surface area contributed by atoms with Crippen LogP contribution in [0, 0.1) is 0 Å². The fraction of sp³-hybridized carbons (Fsp3) is 0.867. The lowest BCUT2D eigenvalue weighted by atomic mass is 9.95. The number of rotatable bonds is 6. The molecule has 2 fully saturated rings. The zero-order valence-corrected chi connectivity index (χ0v) is 13.5. The van der Waals surface area contributed by atoms with E-state index >= 15 is 0 Å². The van der Waals surface area contributed by atoms with Crippen LogP contribution in [-0.2, 0) is 9.59 Å². The summed E-state index contributed by atoms with van der Waals surface area (Å²) in [7, 11) is 0. The SMILES string of the molecule is Cl.O=C(CC1CCCN1)NCCC(=O)NC1CCCCC1. The summed E-state index contributed by atoms with van der Waals surface area (Å²) in [4.78, 5) is 23.5. The number of halogens is 1. The van der Waals surface area contributed by atoms with E-state index in [0.29, 0.717) is 31.5 Å². The Hall–Kier alpha value is -0.810. The molecular weight excluding hydrogens is 290 g/mol. The summed E-state index contributed by atoms with van der Waals surface area (Å²) in [6.45, 7) is 1.46. The molecule has 1 aliphatic heterocycles. The standard InChI is InChI=1S/C15H27N3O2.ClH/c19-14(18-12-5-2-1-3-6-12)8-10-17-15(20)11-13-7-4-9-16-13;/h12-13,16H,1-11H2,(H,17,20)(H,18,19);1H. The van der Waals surface area contributed by atoms with Crippen molar-refractivity contribution in [1.82, 2.24) is 16.0 Å². The highest BCUT2D eigenvalue weighted by Gasteiger charge is 2.18. The van der Waals surface area contributed by atoms with E-state index in [1.165, 1.54) is 19.3 Å². The van der Waals surface area contributed by atoms with E-state index in [-0.39, 0.29) is 24.2 Å². The summed E-state index contributed by atoms with van der Waals surface area (Å²) in [5.41, 5.74) is 0. The first-order valence-electron chi connectivity index (χ1n) is 8.03. The molecule has 0 bridgehead atoms. The topological polar surface area (TPSA) is 70.2 Å². The Bertz CT molecular complexity index is 327. The van der Waals surface area contributed by atoms with Crippen molar-refractivity contribution in [2.24, 2.45) is 0 Å². The first-order valence-corrected chi connectivity index (χ1v) is 8.03. The van der Waals surface area contributed by atoms with Crippen molar-refractivity contribution in [3.05, 3.63) is 0 Å². The molecule has 0 aromatic heterocycles. The first kappa shape index (κ1) is 18.2. The Morgan fingerprint density at radius 1 is 1.00 bits per heavy atom. The molecule has 0 spiro atoms. The van der Waals surface area contributed by atoms with Gasteiger partial charge in [-0.1, -0.05) is 19.3 Å². The molecule has 1 saturated heterocycles. The lowest BCUT2D eigenvalue weighted by Gasteiger charge is -2.22. The van der Waals surface area contributed by atoms with Crippen molar-refractivity contribution in [1.29, 1.82) is 0 Å². The highest BCUT2D eigenvalue weighted by molar-refractivity contribution is 5.85. The molecule has 5 nitrogen and oxygen atoms in total. The smallest absolute Gasteiger partial charge is 0.221 e. The van der Waals surface area contributed by atoms with Gasteiger partial charge in [0.05, 0.1) is 0 Å². The van der Waals surface area contributed by atoms with Gasteiger partial charge in [0, 0.05) is 31.5 Å². The molecule has 1 atom stereocenters. The third-order valence-corrected chi connectivity index (χ3v) is 4.24. The van der Waals surface area contributed by atoms with Gasteiger partial charge in [0.1, 0.15) is 0 Å². The van der Waals surface area contributed by atoms with Gasteiger partial charge >= 0.3 is 0 Å². The van der Waals surface area contributed by atoms with Crippen LogP contribution in [0.3, 0.4) is 0 Å². The third-order valence-electron chi connectivity index (χ3n) is 4.24. The number of amides is 2. The summed E-state index contributed by atoms with van der Waals surface area (Å²) in [6, 6.07) is 0.681. The number of hydrogen-bond acceptors (Lipinski definition) is 3. The van der Waals surface area contributed by atoms with Gasteiger partial charge in [0.15, 0.2) is 0 Å². The Morgan fingerprint density at radius 2 is 1.76 bits per heavy atom. The second-order valence-corrected chi connectivity index (χ2v) is 6.00. The number of carbonyl (C=O) groups excluding carboxylic acids is 2. The van der Waals surface area contributed by atoms with Gasteiger partial charge in [0.25, 0.3) is 0 Å². The molecule has 122 valence electrons. The molecule has 3 N–H and O–H groups in total. The van der Waals surface area contributed by atoms with Gasteiger partial charge in [0.2, 0.25) is 11.8 Å². The van der Waals surface area contributed by atoms with Crippen LogP contribution in [0.2, 0.25) is 0 Å². The van der Waals surface area contributed by atoms with E-state index in [2.05, 4.69) is 16.0 Å². The van der Waals surface area contributed by atoms with Crippen LogP contribution < -0.4 is 16.0 Å². The van der Waals surface area contributed by atoms with Crippen molar-refractivity contribution >= 4 is 24.2 Å². The zero-order chi connectivity index (χ0) is 14.2. The van der Waals surface area contributed by atoms with Crippen LogP contribution in [0.15, 0.2) is 0 Å². The first-order chi connectivity index (χ1) is 9.74.